The largest absolute Gasteiger partial charge is 0.318 e. The van der Waals surface area contributed by atoms with Crippen LogP contribution >= 0.6 is 11.8 Å². The number of hydrogen-bond donors (Lipinski definition) is 0. The van der Waals surface area contributed by atoms with Gasteiger partial charge in [0.2, 0.25) is 0 Å². The molecule has 5 heteroatoms. The molecule has 2 amide bonds. The van der Waals surface area contributed by atoms with Crippen molar-refractivity contribution in [3.05, 3.63) is 93.6 Å². The van der Waals surface area contributed by atoms with Gasteiger partial charge in [0.1, 0.15) is 0 Å². The standard InChI is InChI=1S/C27H28N2O2S/c1-4-21-12-14-24(15-13-21)29-19(2)17-23(20(29)3)18-25-26(30)28(27(31)32-25)16-8-11-22-9-6-5-7-10-22/h5-7,9-10,12-15,17-18H,4,8,11,16H2,1-3H3/b25-18+. The van der Waals surface area contributed by atoms with E-state index in [-0.39, 0.29) is 11.1 Å². The third-order valence-electron chi connectivity index (χ3n) is 5.92. The molecule has 4 rings (SSSR count). The molecule has 1 aliphatic heterocycles. The fraction of sp³-hybridized carbons (Fsp3) is 0.259. The second-order valence-corrected chi connectivity index (χ2v) is 9.10. The molecule has 0 bridgehead atoms. The number of benzene rings is 2. The van der Waals surface area contributed by atoms with E-state index in [9.17, 15) is 9.59 Å². The zero-order valence-electron chi connectivity index (χ0n) is 18.8. The summed E-state index contributed by atoms with van der Waals surface area (Å²) in [6, 6.07) is 20.8. The second kappa shape index (κ2) is 9.61. The average molecular weight is 445 g/mol. The molecule has 1 saturated heterocycles. The SMILES string of the molecule is CCc1ccc(-n2c(C)cc(/C=C3/SC(=O)N(CCCc4ccccc4)C3=O)c2C)cc1. The van der Waals surface area contributed by atoms with Crippen LogP contribution in [-0.4, -0.2) is 27.2 Å². The van der Waals surface area contributed by atoms with E-state index in [4.69, 9.17) is 0 Å². The van der Waals surface area contributed by atoms with Crippen molar-refractivity contribution in [1.29, 1.82) is 0 Å². The van der Waals surface area contributed by atoms with Gasteiger partial charge in [-0.15, -0.1) is 0 Å². The first-order valence-corrected chi connectivity index (χ1v) is 11.9. The predicted molar refractivity (Wildman–Crippen MR) is 132 cm³/mol. The van der Waals surface area contributed by atoms with E-state index in [0.29, 0.717) is 11.4 Å². The van der Waals surface area contributed by atoms with Crippen LogP contribution in [0.4, 0.5) is 4.79 Å². The number of carbonyl (C=O) groups excluding carboxylic acids is 2. The Morgan fingerprint density at radius 3 is 2.34 bits per heavy atom. The van der Waals surface area contributed by atoms with Gasteiger partial charge in [-0.05, 0) is 85.8 Å². The molecule has 0 spiro atoms. The van der Waals surface area contributed by atoms with Crippen LogP contribution in [0.5, 0.6) is 0 Å². The predicted octanol–water partition coefficient (Wildman–Crippen LogP) is 6.33. The number of imide groups is 1. The first-order chi connectivity index (χ1) is 15.5. The van der Waals surface area contributed by atoms with Crippen LogP contribution in [0.3, 0.4) is 0 Å². The van der Waals surface area contributed by atoms with Crippen molar-refractivity contribution in [2.45, 2.75) is 40.0 Å². The van der Waals surface area contributed by atoms with Crippen molar-refractivity contribution < 1.29 is 9.59 Å². The van der Waals surface area contributed by atoms with Crippen LogP contribution in [0.15, 0.2) is 65.6 Å². The summed E-state index contributed by atoms with van der Waals surface area (Å²) < 4.78 is 2.19. The zero-order valence-corrected chi connectivity index (χ0v) is 19.6. The highest BCUT2D eigenvalue weighted by atomic mass is 32.2. The summed E-state index contributed by atoms with van der Waals surface area (Å²) in [7, 11) is 0. The minimum absolute atomic E-state index is 0.182. The summed E-state index contributed by atoms with van der Waals surface area (Å²) in [6.45, 7) is 6.71. The van der Waals surface area contributed by atoms with Crippen LogP contribution in [0.1, 0.15) is 41.4 Å². The number of hydrogen-bond acceptors (Lipinski definition) is 3. The van der Waals surface area contributed by atoms with Crippen molar-refractivity contribution in [2.75, 3.05) is 6.54 Å². The molecule has 1 fully saturated rings. The maximum absolute atomic E-state index is 12.9. The first-order valence-electron chi connectivity index (χ1n) is 11.1. The molecule has 0 aliphatic carbocycles. The maximum atomic E-state index is 12.9. The molecule has 2 heterocycles. The van der Waals surface area contributed by atoms with Gasteiger partial charge in [-0.2, -0.15) is 0 Å². The topological polar surface area (TPSA) is 42.3 Å². The lowest BCUT2D eigenvalue weighted by Gasteiger charge is -2.12. The Morgan fingerprint density at radius 1 is 0.938 bits per heavy atom. The van der Waals surface area contributed by atoms with Crippen LogP contribution in [-0.2, 0) is 17.6 Å². The number of amides is 2. The molecule has 32 heavy (non-hydrogen) atoms. The Labute approximate surface area is 193 Å². The van der Waals surface area contributed by atoms with E-state index in [0.717, 1.165) is 53.7 Å². The van der Waals surface area contributed by atoms with E-state index in [1.807, 2.05) is 24.3 Å². The fourth-order valence-electron chi connectivity index (χ4n) is 4.13. The normalized spacial score (nSPS) is 15.2. The fourth-order valence-corrected chi connectivity index (χ4v) is 4.99. The molecule has 1 aromatic heterocycles. The maximum Gasteiger partial charge on any atom is 0.293 e. The van der Waals surface area contributed by atoms with Gasteiger partial charge < -0.3 is 4.57 Å². The lowest BCUT2D eigenvalue weighted by Crippen LogP contribution is -2.29. The average Bonchev–Trinajstić information content (AvgIpc) is 3.23. The van der Waals surface area contributed by atoms with Gasteiger partial charge in [-0.3, -0.25) is 14.5 Å². The molecular formula is C27H28N2O2S. The Bertz CT molecular complexity index is 1160. The molecule has 0 atom stereocenters. The van der Waals surface area contributed by atoms with Gasteiger partial charge in [0.05, 0.1) is 4.91 Å². The van der Waals surface area contributed by atoms with Crippen LogP contribution in [0.25, 0.3) is 11.8 Å². The molecule has 2 aromatic carbocycles. The molecule has 0 saturated carbocycles. The lowest BCUT2D eigenvalue weighted by atomic mass is 10.1. The molecule has 0 N–H and O–H groups in total. The summed E-state index contributed by atoms with van der Waals surface area (Å²) in [5, 5.41) is -0.182. The van der Waals surface area contributed by atoms with Gasteiger partial charge in [0.15, 0.2) is 0 Å². The third-order valence-corrected chi connectivity index (χ3v) is 6.83. The summed E-state index contributed by atoms with van der Waals surface area (Å²) in [5.74, 6) is -0.190. The quantitative estimate of drug-likeness (QED) is 0.400. The monoisotopic (exact) mass is 444 g/mol. The zero-order chi connectivity index (χ0) is 22.7. The molecule has 3 aromatic rings. The molecule has 164 valence electrons. The highest BCUT2D eigenvalue weighted by Gasteiger charge is 2.34. The van der Waals surface area contributed by atoms with Crippen LogP contribution < -0.4 is 0 Å². The van der Waals surface area contributed by atoms with Crippen molar-refractivity contribution in [3.63, 3.8) is 0 Å². The van der Waals surface area contributed by atoms with Crippen LogP contribution in [0, 0.1) is 13.8 Å². The highest BCUT2D eigenvalue weighted by molar-refractivity contribution is 8.18. The number of rotatable bonds is 7. The highest BCUT2D eigenvalue weighted by Crippen LogP contribution is 2.34. The van der Waals surface area contributed by atoms with E-state index in [1.165, 1.54) is 16.0 Å². The van der Waals surface area contributed by atoms with E-state index in [1.54, 1.807) is 0 Å². The summed E-state index contributed by atoms with van der Waals surface area (Å²) >= 11 is 1.04. The molecule has 4 nitrogen and oxygen atoms in total. The van der Waals surface area contributed by atoms with E-state index in [2.05, 4.69) is 67.8 Å². The van der Waals surface area contributed by atoms with Crippen molar-refractivity contribution in [3.8, 4) is 5.69 Å². The van der Waals surface area contributed by atoms with Crippen LogP contribution in [0.2, 0.25) is 0 Å². The number of aryl methyl sites for hydroxylation is 3. The summed E-state index contributed by atoms with van der Waals surface area (Å²) in [6.07, 6.45) is 4.48. The summed E-state index contributed by atoms with van der Waals surface area (Å²) in [4.78, 5) is 27.3. The minimum Gasteiger partial charge on any atom is -0.318 e. The molecule has 0 unspecified atom stereocenters. The van der Waals surface area contributed by atoms with Gasteiger partial charge >= 0.3 is 0 Å². The molecule has 0 radical (unpaired) electrons. The van der Waals surface area contributed by atoms with Crippen molar-refractivity contribution in [1.82, 2.24) is 9.47 Å². The Kier molecular flexibility index (Phi) is 6.66. The third kappa shape index (κ3) is 4.58. The smallest absolute Gasteiger partial charge is 0.293 e. The first kappa shape index (κ1) is 22.2. The number of thioether (sulfide) groups is 1. The Hall–Kier alpha value is -3.05. The van der Waals surface area contributed by atoms with E-state index >= 15 is 0 Å². The van der Waals surface area contributed by atoms with Crippen molar-refractivity contribution in [2.24, 2.45) is 0 Å². The molecule has 1 aliphatic rings. The minimum atomic E-state index is -0.190. The number of aromatic nitrogens is 1. The number of carbonyl (C=O) groups is 2. The van der Waals surface area contributed by atoms with Gasteiger partial charge in [0, 0.05) is 23.6 Å². The molecular weight excluding hydrogens is 416 g/mol. The number of nitrogens with zero attached hydrogens (tertiary/aromatic N) is 2. The summed E-state index contributed by atoms with van der Waals surface area (Å²) in [5.41, 5.74) is 6.75. The second-order valence-electron chi connectivity index (χ2n) is 8.10. The van der Waals surface area contributed by atoms with E-state index < -0.39 is 0 Å². The lowest BCUT2D eigenvalue weighted by molar-refractivity contribution is -0.122. The van der Waals surface area contributed by atoms with Gasteiger partial charge in [-0.1, -0.05) is 49.4 Å². The van der Waals surface area contributed by atoms with Gasteiger partial charge in [0.25, 0.3) is 11.1 Å². The Morgan fingerprint density at radius 2 is 1.66 bits per heavy atom. The van der Waals surface area contributed by atoms with Crippen molar-refractivity contribution >= 4 is 29.0 Å². The Balaban J connectivity index is 1.50. The van der Waals surface area contributed by atoms with Gasteiger partial charge in [-0.25, -0.2) is 0 Å².